The maximum absolute atomic E-state index is 13.1. The first-order valence-electron chi connectivity index (χ1n) is 8.69. The van der Waals surface area contributed by atoms with E-state index in [2.05, 4.69) is 5.32 Å². The van der Waals surface area contributed by atoms with Gasteiger partial charge < -0.3 is 10.4 Å². The number of nitrogens with one attached hydrogen (secondary N) is 1. The largest absolute Gasteiger partial charge is 0.480 e. The molecule has 0 heterocycles. The molecule has 0 aliphatic heterocycles. The number of aliphatic carboxylic acids is 1. The second-order valence-electron chi connectivity index (χ2n) is 7.55. The molecule has 28 heavy (non-hydrogen) atoms. The number of amides is 1. The SMILES string of the molecule is CC(C)(C)c1ccc(C(=O)N[C@@H](Cc2ccccc2C(F)(F)F)C(=O)O)cc1. The Morgan fingerprint density at radius 3 is 2.07 bits per heavy atom. The average molecular weight is 393 g/mol. The van der Waals surface area contributed by atoms with E-state index >= 15 is 0 Å². The summed E-state index contributed by atoms with van der Waals surface area (Å²) in [6.45, 7) is 6.04. The van der Waals surface area contributed by atoms with E-state index < -0.39 is 36.1 Å². The third kappa shape index (κ3) is 5.34. The molecule has 0 radical (unpaired) electrons. The lowest BCUT2D eigenvalue weighted by Crippen LogP contribution is -2.42. The average Bonchev–Trinajstić information content (AvgIpc) is 2.60. The highest BCUT2D eigenvalue weighted by molar-refractivity contribution is 5.96. The molecule has 1 atom stereocenters. The molecule has 0 saturated heterocycles. The van der Waals surface area contributed by atoms with Gasteiger partial charge in [-0.15, -0.1) is 0 Å². The van der Waals surface area contributed by atoms with E-state index in [9.17, 15) is 27.9 Å². The normalized spacial score (nSPS) is 13.1. The molecule has 0 bridgehead atoms. The predicted molar refractivity (Wildman–Crippen MR) is 99.2 cm³/mol. The Balaban J connectivity index is 2.20. The molecule has 0 spiro atoms. The Morgan fingerprint density at radius 1 is 1.00 bits per heavy atom. The summed E-state index contributed by atoms with van der Waals surface area (Å²) >= 11 is 0. The van der Waals surface area contributed by atoms with Crippen LogP contribution in [0.25, 0.3) is 0 Å². The molecule has 2 aromatic rings. The van der Waals surface area contributed by atoms with Crippen LogP contribution in [0.15, 0.2) is 48.5 Å². The first kappa shape index (κ1) is 21.5. The van der Waals surface area contributed by atoms with Crippen LogP contribution < -0.4 is 5.32 Å². The number of alkyl halides is 3. The van der Waals surface area contributed by atoms with E-state index in [0.29, 0.717) is 0 Å². The predicted octanol–water partition coefficient (Wildman–Crippen LogP) is 4.43. The van der Waals surface area contributed by atoms with Gasteiger partial charge in [0.05, 0.1) is 5.56 Å². The summed E-state index contributed by atoms with van der Waals surface area (Å²) in [6, 6.07) is 9.92. The van der Waals surface area contributed by atoms with Gasteiger partial charge in [0.15, 0.2) is 0 Å². The van der Waals surface area contributed by atoms with Crippen LogP contribution in [0, 0.1) is 0 Å². The summed E-state index contributed by atoms with van der Waals surface area (Å²) in [4.78, 5) is 23.9. The number of carbonyl (C=O) groups is 2. The highest BCUT2D eigenvalue weighted by Crippen LogP contribution is 2.32. The number of halogens is 3. The number of benzene rings is 2. The second-order valence-corrected chi connectivity index (χ2v) is 7.55. The molecule has 0 aromatic heterocycles. The lowest BCUT2D eigenvalue weighted by atomic mass is 9.86. The molecule has 4 nitrogen and oxygen atoms in total. The lowest BCUT2D eigenvalue weighted by molar-refractivity contribution is -0.141. The number of carboxylic acid groups (broad SMARTS) is 1. The first-order chi connectivity index (χ1) is 12.9. The summed E-state index contributed by atoms with van der Waals surface area (Å²) in [5.41, 5.74) is 0.0250. The third-order valence-corrected chi connectivity index (χ3v) is 4.36. The molecule has 150 valence electrons. The van der Waals surface area contributed by atoms with Crippen LogP contribution in [0.1, 0.15) is 47.8 Å². The summed E-state index contributed by atoms with van der Waals surface area (Å²) in [5.74, 6) is -2.06. The van der Waals surface area contributed by atoms with Gasteiger partial charge in [-0.2, -0.15) is 13.2 Å². The van der Waals surface area contributed by atoms with Crippen LogP contribution in [0.4, 0.5) is 13.2 Å². The zero-order valence-electron chi connectivity index (χ0n) is 15.8. The van der Waals surface area contributed by atoms with E-state index in [0.717, 1.165) is 11.6 Å². The van der Waals surface area contributed by atoms with Gasteiger partial charge in [-0.25, -0.2) is 4.79 Å². The fraction of sp³-hybridized carbons (Fsp3) is 0.333. The summed E-state index contributed by atoms with van der Waals surface area (Å²) in [6.07, 6.45) is -5.08. The smallest absolute Gasteiger partial charge is 0.416 e. The zero-order valence-corrected chi connectivity index (χ0v) is 15.8. The molecule has 7 heteroatoms. The van der Waals surface area contributed by atoms with Crippen molar-refractivity contribution >= 4 is 11.9 Å². The van der Waals surface area contributed by atoms with Crippen molar-refractivity contribution in [3.05, 3.63) is 70.8 Å². The van der Waals surface area contributed by atoms with Crippen LogP contribution in [0.3, 0.4) is 0 Å². The van der Waals surface area contributed by atoms with Crippen molar-refractivity contribution in [3.63, 3.8) is 0 Å². The molecule has 2 rings (SSSR count). The van der Waals surface area contributed by atoms with E-state index in [1.165, 1.54) is 18.2 Å². The minimum absolute atomic E-state index is 0.111. The quantitative estimate of drug-likeness (QED) is 0.790. The number of rotatable bonds is 5. The van der Waals surface area contributed by atoms with E-state index in [1.807, 2.05) is 20.8 Å². The topological polar surface area (TPSA) is 66.4 Å². The van der Waals surface area contributed by atoms with Crippen LogP contribution >= 0.6 is 0 Å². The lowest BCUT2D eigenvalue weighted by Gasteiger charge is -2.20. The first-order valence-corrected chi connectivity index (χ1v) is 8.69. The Kier molecular flexibility index (Phi) is 6.17. The van der Waals surface area contributed by atoms with Gasteiger partial charge in [0, 0.05) is 12.0 Å². The van der Waals surface area contributed by atoms with Crippen molar-refractivity contribution in [2.75, 3.05) is 0 Å². The van der Waals surface area contributed by atoms with Crippen molar-refractivity contribution in [1.29, 1.82) is 0 Å². The zero-order chi connectivity index (χ0) is 21.1. The van der Waals surface area contributed by atoms with Gasteiger partial charge in [-0.3, -0.25) is 4.79 Å². The molecular weight excluding hydrogens is 371 g/mol. The number of carboxylic acids is 1. The molecule has 0 fully saturated rings. The maximum atomic E-state index is 13.1. The number of hydrogen-bond acceptors (Lipinski definition) is 2. The van der Waals surface area contributed by atoms with Gasteiger partial charge in [0.2, 0.25) is 0 Å². The highest BCUT2D eigenvalue weighted by Gasteiger charge is 2.34. The van der Waals surface area contributed by atoms with Gasteiger partial charge in [0.1, 0.15) is 6.04 Å². The van der Waals surface area contributed by atoms with Crippen LogP contribution in [0.2, 0.25) is 0 Å². The second kappa shape index (κ2) is 8.04. The fourth-order valence-corrected chi connectivity index (χ4v) is 2.76. The van der Waals surface area contributed by atoms with Crippen LogP contribution in [-0.2, 0) is 22.8 Å². The Morgan fingerprint density at radius 2 is 1.57 bits per heavy atom. The molecule has 1 amide bonds. The van der Waals surface area contributed by atoms with E-state index in [1.54, 1.807) is 24.3 Å². The summed E-state index contributed by atoms with van der Waals surface area (Å²) in [7, 11) is 0. The Hall–Kier alpha value is -2.83. The highest BCUT2D eigenvalue weighted by atomic mass is 19.4. The molecule has 0 aliphatic carbocycles. The molecular formula is C21H22F3NO3. The monoisotopic (exact) mass is 393 g/mol. The Labute approximate surface area is 161 Å². The van der Waals surface area contributed by atoms with Crippen molar-refractivity contribution < 1.29 is 27.9 Å². The van der Waals surface area contributed by atoms with Crippen LogP contribution in [0.5, 0.6) is 0 Å². The molecule has 0 aliphatic rings. The van der Waals surface area contributed by atoms with Crippen molar-refractivity contribution in [2.45, 2.75) is 44.8 Å². The molecule has 0 unspecified atom stereocenters. The maximum Gasteiger partial charge on any atom is 0.416 e. The van der Waals surface area contributed by atoms with Crippen molar-refractivity contribution in [1.82, 2.24) is 5.32 Å². The minimum Gasteiger partial charge on any atom is -0.480 e. The Bertz CT molecular complexity index is 852. The van der Waals surface area contributed by atoms with Gasteiger partial charge >= 0.3 is 12.1 Å². The third-order valence-electron chi connectivity index (χ3n) is 4.36. The van der Waals surface area contributed by atoms with Gasteiger partial charge in [0.25, 0.3) is 5.91 Å². The molecule has 2 aromatic carbocycles. The van der Waals surface area contributed by atoms with E-state index in [4.69, 9.17) is 0 Å². The van der Waals surface area contributed by atoms with Gasteiger partial charge in [-0.1, -0.05) is 51.1 Å². The van der Waals surface area contributed by atoms with Gasteiger partial charge in [-0.05, 0) is 34.7 Å². The summed E-state index contributed by atoms with van der Waals surface area (Å²) < 4.78 is 39.4. The van der Waals surface area contributed by atoms with Crippen molar-refractivity contribution in [3.8, 4) is 0 Å². The standard InChI is InChI=1S/C21H22F3NO3/c1-20(2,3)15-10-8-13(9-11-15)18(26)25-17(19(27)28)12-14-6-4-5-7-16(14)21(22,23)24/h4-11,17H,12H2,1-3H3,(H,25,26)(H,27,28)/t17-/m0/s1. The number of hydrogen-bond donors (Lipinski definition) is 2. The fourth-order valence-electron chi connectivity index (χ4n) is 2.76. The summed E-state index contributed by atoms with van der Waals surface area (Å²) in [5, 5.41) is 11.7. The van der Waals surface area contributed by atoms with Crippen LogP contribution in [-0.4, -0.2) is 23.0 Å². The number of carbonyl (C=O) groups excluding carboxylic acids is 1. The minimum atomic E-state index is -4.60. The van der Waals surface area contributed by atoms with E-state index in [-0.39, 0.29) is 16.5 Å². The van der Waals surface area contributed by atoms with Crippen molar-refractivity contribution in [2.24, 2.45) is 0 Å². The molecule has 2 N–H and O–H groups in total. The molecule has 0 saturated carbocycles.